The molecule has 1 N–H and O–H groups in total. The number of thiophene rings is 1. The van der Waals surface area contributed by atoms with E-state index in [1.54, 1.807) is 17.7 Å². The van der Waals surface area contributed by atoms with Crippen LogP contribution >= 0.6 is 11.3 Å². The van der Waals surface area contributed by atoms with E-state index in [2.05, 4.69) is 56.8 Å². The Hall–Kier alpha value is -2.47. The first-order chi connectivity index (χ1) is 11.2. The molecule has 116 valence electrons. The molecule has 0 spiro atoms. The highest BCUT2D eigenvalue weighted by molar-refractivity contribution is 7.18. The van der Waals surface area contributed by atoms with Crippen LogP contribution < -0.4 is 5.32 Å². The largest absolute Gasteiger partial charge is 0.364 e. The van der Waals surface area contributed by atoms with Gasteiger partial charge in [-0.15, -0.1) is 11.3 Å². The number of nitrogens with zero attached hydrogens (tertiary/aromatic N) is 4. The van der Waals surface area contributed by atoms with Gasteiger partial charge < -0.3 is 9.72 Å². The Morgan fingerprint density at radius 2 is 2.17 bits per heavy atom. The minimum atomic E-state index is 0.643. The number of rotatable bonds is 4. The van der Waals surface area contributed by atoms with Crippen LogP contribution in [0, 0.1) is 6.92 Å². The molecule has 4 aromatic heterocycles. The van der Waals surface area contributed by atoms with E-state index in [-0.39, 0.29) is 0 Å². The number of hydrogen-bond donors (Lipinski definition) is 1. The van der Waals surface area contributed by atoms with Crippen molar-refractivity contribution in [3.63, 3.8) is 0 Å². The van der Waals surface area contributed by atoms with Gasteiger partial charge in [0.2, 0.25) is 0 Å². The molecular formula is C17H17N5S. The first-order valence-electron chi connectivity index (χ1n) is 7.65. The van der Waals surface area contributed by atoms with Gasteiger partial charge >= 0.3 is 0 Å². The second-order valence-corrected chi connectivity index (χ2v) is 6.60. The highest BCUT2D eigenvalue weighted by atomic mass is 32.1. The minimum absolute atomic E-state index is 0.643. The standard InChI is InChI=1S/C17H17N5S/c1-3-13-7-14-16(19-10-20-17(14)23-13)18-8-12-9-22-11(2)5-4-6-15(22)21-12/h4-7,9-10H,3,8H2,1-2H3,(H,18,19,20). The second-order valence-electron chi connectivity index (χ2n) is 5.49. The van der Waals surface area contributed by atoms with E-state index in [9.17, 15) is 0 Å². The van der Waals surface area contributed by atoms with Crippen molar-refractivity contribution in [1.82, 2.24) is 19.4 Å². The quantitative estimate of drug-likeness (QED) is 0.620. The van der Waals surface area contributed by atoms with Crippen LogP contribution in [-0.4, -0.2) is 19.4 Å². The predicted molar refractivity (Wildman–Crippen MR) is 94.0 cm³/mol. The van der Waals surface area contributed by atoms with Gasteiger partial charge in [-0.1, -0.05) is 13.0 Å². The van der Waals surface area contributed by atoms with Gasteiger partial charge in [0.15, 0.2) is 0 Å². The molecule has 0 bridgehead atoms. The zero-order valence-corrected chi connectivity index (χ0v) is 13.9. The number of hydrogen-bond acceptors (Lipinski definition) is 5. The fourth-order valence-corrected chi connectivity index (χ4v) is 3.61. The second kappa shape index (κ2) is 5.62. The molecule has 23 heavy (non-hydrogen) atoms. The molecule has 0 amide bonds. The fourth-order valence-electron chi connectivity index (χ4n) is 2.68. The van der Waals surface area contributed by atoms with E-state index in [0.717, 1.165) is 33.8 Å². The SMILES string of the molecule is CCc1cc2c(NCc3cn4c(C)cccc4n3)ncnc2s1. The van der Waals surface area contributed by atoms with Crippen LogP contribution in [-0.2, 0) is 13.0 Å². The van der Waals surface area contributed by atoms with E-state index in [1.807, 2.05) is 12.1 Å². The van der Waals surface area contributed by atoms with Crippen LogP contribution in [0.1, 0.15) is 23.2 Å². The van der Waals surface area contributed by atoms with E-state index in [1.165, 1.54) is 10.6 Å². The average Bonchev–Trinajstić information content (AvgIpc) is 3.17. The summed E-state index contributed by atoms with van der Waals surface area (Å²) in [6.07, 6.45) is 4.71. The number of aryl methyl sites for hydroxylation is 2. The number of nitrogens with one attached hydrogen (secondary N) is 1. The van der Waals surface area contributed by atoms with Gasteiger partial charge in [0.25, 0.3) is 0 Å². The summed E-state index contributed by atoms with van der Waals surface area (Å²) in [5.74, 6) is 0.875. The molecule has 5 nitrogen and oxygen atoms in total. The molecule has 0 aliphatic heterocycles. The van der Waals surface area contributed by atoms with Crippen molar-refractivity contribution < 1.29 is 0 Å². The zero-order valence-electron chi connectivity index (χ0n) is 13.1. The summed E-state index contributed by atoms with van der Waals surface area (Å²) in [5.41, 5.74) is 3.14. The first kappa shape index (κ1) is 14.1. The summed E-state index contributed by atoms with van der Waals surface area (Å²) in [6.45, 7) is 4.88. The first-order valence-corrected chi connectivity index (χ1v) is 8.47. The lowest BCUT2D eigenvalue weighted by molar-refractivity contribution is 1.05. The summed E-state index contributed by atoms with van der Waals surface area (Å²) in [5, 5.41) is 4.49. The van der Waals surface area contributed by atoms with Crippen LogP contribution in [0.5, 0.6) is 0 Å². The molecule has 4 rings (SSSR count). The van der Waals surface area contributed by atoms with Crippen LogP contribution in [0.2, 0.25) is 0 Å². The monoisotopic (exact) mass is 323 g/mol. The maximum atomic E-state index is 4.65. The normalized spacial score (nSPS) is 11.4. The number of pyridine rings is 1. The highest BCUT2D eigenvalue weighted by Crippen LogP contribution is 2.28. The number of anilines is 1. The van der Waals surface area contributed by atoms with Crippen molar-refractivity contribution in [1.29, 1.82) is 0 Å². The Bertz CT molecular complexity index is 985. The maximum Gasteiger partial charge on any atom is 0.138 e. The Morgan fingerprint density at radius 3 is 3.00 bits per heavy atom. The third-order valence-electron chi connectivity index (χ3n) is 3.91. The molecule has 0 aliphatic carbocycles. The lowest BCUT2D eigenvalue weighted by Crippen LogP contribution is -2.02. The molecule has 0 radical (unpaired) electrons. The molecular weight excluding hydrogens is 306 g/mol. The van der Waals surface area contributed by atoms with E-state index >= 15 is 0 Å². The van der Waals surface area contributed by atoms with Crippen LogP contribution in [0.3, 0.4) is 0 Å². The Labute approximate surface area is 138 Å². The van der Waals surface area contributed by atoms with Crippen molar-refractivity contribution in [3.8, 4) is 0 Å². The lowest BCUT2D eigenvalue weighted by Gasteiger charge is -2.03. The van der Waals surface area contributed by atoms with Gasteiger partial charge in [-0.25, -0.2) is 15.0 Å². The van der Waals surface area contributed by atoms with E-state index in [0.29, 0.717) is 6.54 Å². The topological polar surface area (TPSA) is 55.1 Å². The van der Waals surface area contributed by atoms with Gasteiger partial charge in [-0.2, -0.15) is 0 Å². The van der Waals surface area contributed by atoms with Gasteiger partial charge in [-0.05, 0) is 31.5 Å². The van der Waals surface area contributed by atoms with Gasteiger partial charge in [-0.3, -0.25) is 0 Å². The van der Waals surface area contributed by atoms with Crippen LogP contribution in [0.25, 0.3) is 15.9 Å². The molecule has 0 saturated carbocycles. The number of fused-ring (bicyclic) bond motifs is 2. The molecule has 4 aromatic rings. The third kappa shape index (κ3) is 2.55. The predicted octanol–water partition coefficient (Wildman–Crippen LogP) is 3.82. The van der Waals surface area contributed by atoms with Gasteiger partial charge in [0.1, 0.15) is 22.6 Å². The molecule has 0 unspecified atom stereocenters. The molecule has 6 heteroatoms. The molecule has 0 fully saturated rings. The fraction of sp³-hybridized carbons (Fsp3) is 0.235. The van der Waals surface area contributed by atoms with E-state index in [4.69, 9.17) is 0 Å². The highest BCUT2D eigenvalue weighted by Gasteiger charge is 2.09. The van der Waals surface area contributed by atoms with Crippen LogP contribution in [0.15, 0.2) is 36.8 Å². The summed E-state index contributed by atoms with van der Waals surface area (Å²) in [6, 6.07) is 8.31. The maximum absolute atomic E-state index is 4.65. The minimum Gasteiger partial charge on any atom is -0.364 e. The van der Waals surface area contributed by atoms with Crippen molar-refractivity contribution in [2.24, 2.45) is 0 Å². The van der Waals surface area contributed by atoms with E-state index < -0.39 is 0 Å². The van der Waals surface area contributed by atoms with Crippen molar-refractivity contribution in [2.45, 2.75) is 26.8 Å². The van der Waals surface area contributed by atoms with Crippen molar-refractivity contribution in [3.05, 3.63) is 53.1 Å². The van der Waals surface area contributed by atoms with Crippen LogP contribution in [0.4, 0.5) is 5.82 Å². The number of aromatic nitrogens is 4. The Morgan fingerprint density at radius 1 is 1.26 bits per heavy atom. The molecule has 0 aliphatic rings. The summed E-state index contributed by atoms with van der Waals surface area (Å²) < 4.78 is 2.10. The lowest BCUT2D eigenvalue weighted by atomic mass is 10.3. The molecule has 0 atom stereocenters. The van der Waals surface area contributed by atoms with Crippen molar-refractivity contribution in [2.75, 3.05) is 5.32 Å². The summed E-state index contributed by atoms with van der Waals surface area (Å²) in [4.78, 5) is 15.8. The van der Waals surface area contributed by atoms with Gasteiger partial charge in [0.05, 0.1) is 17.6 Å². The number of imidazole rings is 1. The zero-order chi connectivity index (χ0) is 15.8. The molecule has 4 heterocycles. The Balaban J connectivity index is 1.63. The van der Waals surface area contributed by atoms with Crippen molar-refractivity contribution >= 4 is 33.0 Å². The molecule has 0 aromatic carbocycles. The molecule has 0 saturated heterocycles. The average molecular weight is 323 g/mol. The summed E-state index contributed by atoms with van der Waals surface area (Å²) in [7, 11) is 0. The summed E-state index contributed by atoms with van der Waals surface area (Å²) >= 11 is 1.73. The Kier molecular flexibility index (Phi) is 3.46. The van der Waals surface area contributed by atoms with Gasteiger partial charge in [0, 0.05) is 16.8 Å². The third-order valence-corrected chi connectivity index (χ3v) is 5.10. The smallest absolute Gasteiger partial charge is 0.138 e.